The lowest BCUT2D eigenvalue weighted by Crippen LogP contribution is -2.41. The van der Waals surface area contributed by atoms with Crippen molar-refractivity contribution >= 4 is 49.4 Å². The maximum atomic E-state index is 12.0. The molecule has 2 amide bonds. The molecule has 1 heterocycles. The van der Waals surface area contributed by atoms with Crippen LogP contribution in [0.25, 0.3) is 0 Å². The van der Waals surface area contributed by atoms with Gasteiger partial charge >= 0.3 is 5.97 Å². The molecular weight excluding hydrogens is 466 g/mol. The van der Waals surface area contributed by atoms with Gasteiger partial charge in [-0.2, -0.15) is 0 Å². The molecule has 0 saturated carbocycles. The van der Waals surface area contributed by atoms with E-state index in [0.717, 1.165) is 16.3 Å². The number of esters is 1. The Kier molecular flexibility index (Phi) is 8.17. The van der Waals surface area contributed by atoms with Crippen LogP contribution in [-0.2, 0) is 29.1 Å². The largest absolute Gasteiger partial charge is 0.455 e. The molecule has 0 bridgehead atoms. The Balaban J connectivity index is 1.69. The Morgan fingerprint density at radius 2 is 1.86 bits per heavy atom. The number of piperidine rings is 1. The number of sulfonamides is 1. The first-order chi connectivity index (χ1) is 13.6. The van der Waals surface area contributed by atoms with E-state index in [-0.39, 0.29) is 19.6 Å². The van der Waals surface area contributed by atoms with Crippen LogP contribution in [0.3, 0.4) is 0 Å². The Morgan fingerprint density at radius 3 is 2.45 bits per heavy atom. The maximum absolute atomic E-state index is 12.0. The van der Waals surface area contributed by atoms with Crippen molar-refractivity contribution in [3.8, 4) is 0 Å². The second-order valence-corrected chi connectivity index (χ2v) is 9.73. The van der Waals surface area contributed by atoms with Gasteiger partial charge < -0.3 is 15.4 Å². The number of benzene rings is 1. The fourth-order valence-electron chi connectivity index (χ4n) is 2.87. The van der Waals surface area contributed by atoms with Gasteiger partial charge in [0.15, 0.2) is 6.61 Å². The summed E-state index contributed by atoms with van der Waals surface area (Å²) in [5.74, 6) is -1.97. The molecule has 0 aliphatic carbocycles. The molecule has 1 aromatic rings. The number of amides is 2. The summed E-state index contributed by atoms with van der Waals surface area (Å²) in [5, 5.41) is 5.08. The average molecular weight is 490 g/mol. The summed E-state index contributed by atoms with van der Waals surface area (Å²) in [6, 6.07) is 5.39. The van der Waals surface area contributed by atoms with Crippen LogP contribution in [0.2, 0.25) is 0 Å². The van der Waals surface area contributed by atoms with Gasteiger partial charge in [-0.3, -0.25) is 14.4 Å². The van der Waals surface area contributed by atoms with Gasteiger partial charge in [0.25, 0.3) is 5.91 Å². The van der Waals surface area contributed by atoms with Crippen molar-refractivity contribution in [2.45, 2.75) is 19.8 Å². The molecule has 1 fully saturated rings. The van der Waals surface area contributed by atoms with E-state index in [4.69, 9.17) is 4.74 Å². The molecule has 0 atom stereocenters. The third-order valence-corrected chi connectivity index (χ3v) is 6.31. The van der Waals surface area contributed by atoms with Gasteiger partial charge in [0.05, 0.1) is 18.7 Å². The van der Waals surface area contributed by atoms with Gasteiger partial charge in [-0.1, -0.05) is 15.9 Å². The second kappa shape index (κ2) is 10.2. The summed E-state index contributed by atoms with van der Waals surface area (Å²) < 4.78 is 30.2. The van der Waals surface area contributed by atoms with Gasteiger partial charge in [-0.25, -0.2) is 12.7 Å². The van der Waals surface area contributed by atoms with Crippen LogP contribution in [0.4, 0.5) is 5.69 Å². The molecule has 9 nitrogen and oxygen atoms in total. The van der Waals surface area contributed by atoms with Crippen LogP contribution < -0.4 is 10.6 Å². The third-order valence-electron chi connectivity index (χ3n) is 4.51. The predicted octanol–water partition coefficient (Wildman–Crippen LogP) is 1.03. The average Bonchev–Trinajstić information content (AvgIpc) is 2.66. The summed E-state index contributed by atoms with van der Waals surface area (Å²) in [5.41, 5.74) is 1.51. The fourth-order valence-corrected chi connectivity index (χ4v) is 4.22. The molecule has 1 aliphatic heterocycles. The van der Waals surface area contributed by atoms with Crippen molar-refractivity contribution in [2.75, 3.05) is 37.8 Å². The number of aryl methyl sites for hydroxylation is 1. The van der Waals surface area contributed by atoms with Crippen LogP contribution in [0.5, 0.6) is 0 Å². The lowest BCUT2D eigenvalue weighted by molar-refractivity contribution is -0.153. The Bertz CT molecular complexity index is 882. The standard InChI is InChI=1S/C18H24BrN3O6S/c1-12-9-14(19)3-4-15(12)21-16(23)10-20-17(24)11-28-18(25)13-5-7-22(8-6-13)29(2,26)27/h3-4,9,13H,5-8,10-11H2,1-2H3,(H,20,24)(H,21,23). The van der Waals surface area contributed by atoms with Crippen LogP contribution >= 0.6 is 15.9 Å². The minimum absolute atomic E-state index is 0.250. The van der Waals surface area contributed by atoms with Gasteiger partial charge in [-0.05, 0) is 43.5 Å². The van der Waals surface area contributed by atoms with E-state index in [1.54, 1.807) is 12.1 Å². The number of nitrogens with one attached hydrogen (secondary N) is 2. The number of rotatable bonds is 7. The maximum Gasteiger partial charge on any atom is 0.309 e. The Morgan fingerprint density at radius 1 is 1.21 bits per heavy atom. The fraction of sp³-hybridized carbons (Fsp3) is 0.500. The van der Waals surface area contributed by atoms with E-state index in [1.165, 1.54) is 4.31 Å². The molecule has 0 unspecified atom stereocenters. The predicted molar refractivity (Wildman–Crippen MR) is 111 cm³/mol. The number of ether oxygens (including phenoxy) is 1. The number of nitrogens with zero attached hydrogens (tertiary/aromatic N) is 1. The highest BCUT2D eigenvalue weighted by molar-refractivity contribution is 9.10. The molecule has 1 aliphatic rings. The van der Waals surface area contributed by atoms with Crippen LogP contribution in [0.1, 0.15) is 18.4 Å². The topological polar surface area (TPSA) is 122 Å². The van der Waals surface area contributed by atoms with Crippen molar-refractivity contribution in [3.05, 3.63) is 28.2 Å². The molecule has 1 aromatic carbocycles. The smallest absolute Gasteiger partial charge is 0.309 e. The monoisotopic (exact) mass is 489 g/mol. The highest BCUT2D eigenvalue weighted by atomic mass is 79.9. The van der Waals surface area contributed by atoms with Crippen LogP contribution in [0, 0.1) is 12.8 Å². The second-order valence-electron chi connectivity index (χ2n) is 6.83. The first-order valence-electron chi connectivity index (χ1n) is 9.00. The normalized spacial score (nSPS) is 15.6. The van der Waals surface area contributed by atoms with Crippen molar-refractivity contribution in [1.82, 2.24) is 9.62 Å². The molecule has 11 heteroatoms. The third kappa shape index (κ3) is 7.41. The zero-order valence-electron chi connectivity index (χ0n) is 16.2. The van der Waals surface area contributed by atoms with E-state index in [9.17, 15) is 22.8 Å². The molecular formula is C18H24BrN3O6S. The van der Waals surface area contributed by atoms with E-state index >= 15 is 0 Å². The highest BCUT2D eigenvalue weighted by Gasteiger charge is 2.30. The van der Waals surface area contributed by atoms with Crippen molar-refractivity contribution in [3.63, 3.8) is 0 Å². The summed E-state index contributed by atoms with van der Waals surface area (Å²) in [6.45, 7) is 1.61. The number of halogens is 1. The van der Waals surface area contributed by atoms with Gasteiger partial charge in [0.1, 0.15) is 0 Å². The minimum Gasteiger partial charge on any atom is -0.455 e. The van der Waals surface area contributed by atoms with Crippen LogP contribution in [-0.4, -0.2) is 63.0 Å². The molecule has 1 saturated heterocycles. The van der Waals surface area contributed by atoms with E-state index in [2.05, 4.69) is 26.6 Å². The molecule has 160 valence electrons. The summed E-state index contributed by atoms with van der Waals surface area (Å²) >= 11 is 3.34. The molecule has 0 aromatic heterocycles. The first-order valence-corrected chi connectivity index (χ1v) is 11.6. The summed E-state index contributed by atoms with van der Waals surface area (Å²) in [4.78, 5) is 35.8. The highest BCUT2D eigenvalue weighted by Crippen LogP contribution is 2.21. The van der Waals surface area contributed by atoms with E-state index in [0.29, 0.717) is 18.5 Å². The number of carbonyl (C=O) groups excluding carboxylic acids is 3. The summed E-state index contributed by atoms with van der Waals surface area (Å²) in [7, 11) is -3.27. The van der Waals surface area contributed by atoms with Gasteiger partial charge in [0, 0.05) is 23.2 Å². The number of anilines is 1. The minimum atomic E-state index is -3.27. The quantitative estimate of drug-likeness (QED) is 0.551. The van der Waals surface area contributed by atoms with E-state index < -0.39 is 40.3 Å². The molecule has 2 rings (SSSR count). The summed E-state index contributed by atoms with van der Waals surface area (Å²) in [6.07, 6.45) is 1.83. The zero-order chi connectivity index (χ0) is 21.6. The van der Waals surface area contributed by atoms with Crippen molar-refractivity contribution in [1.29, 1.82) is 0 Å². The lowest BCUT2D eigenvalue weighted by Gasteiger charge is -2.28. The first kappa shape index (κ1) is 23.3. The van der Waals surface area contributed by atoms with Crippen LogP contribution in [0.15, 0.2) is 22.7 Å². The van der Waals surface area contributed by atoms with Gasteiger partial charge in [-0.15, -0.1) is 0 Å². The zero-order valence-corrected chi connectivity index (χ0v) is 18.6. The Labute approximate surface area is 178 Å². The molecule has 0 radical (unpaired) electrons. The number of carbonyl (C=O) groups is 3. The van der Waals surface area contributed by atoms with E-state index in [1.807, 2.05) is 13.0 Å². The number of hydrogen-bond acceptors (Lipinski definition) is 6. The molecule has 2 N–H and O–H groups in total. The van der Waals surface area contributed by atoms with Crippen molar-refractivity contribution in [2.24, 2.45) is 5.92 Å². The number of hydrogen-bond donors (Lipinski definition) is 2. The van der Waals surface area contributed by atoms with Crippen molar-refractivity contribution < 1.29 is 27.5 Å². The van der Waals surface area contributed by atoms with Gasteiger partial charge in [0.2, 0.25) is 15.9 Å². The Hall–Kier alpha value is -1.98. The molecule has 0 spiro atoms. The molecule has 29 heavy (non-hydrogen) atoms. The lowest BCUT2D eigenvalue weighted by atomic mass is 9.98. The SMILES string of the molecule is Cc1cc(Br)ccc1NC(=O)CNC(=O)COC(=O)C1CCN(S(C)(=O)=O)CC1.